The van der Waals surface area contributed by atoms with Crippen molar-refractivity contribution in [2.45, 2.75) is 19.9 Å². The molecule has 0 aliphatic carbocycles. The maximum absolute atomic E-state index is 6.59. The van der Waals surface area contributed by atoms with E-state index in [9.17, 15) is 0 Å². The van der Waals surface area contributed by atoms with E-state index in [4.69, 9.17) is 32.7 Å². The van der Waals surface area contributed by atoms with Crippen molar-refractivity contribution in [1.82, 2.24) is 10.2 Å². The van der Waals surface area contributed by atoms with Crippen molar-refractivity contribution in [3.05, 3.63) is 57.6 Å². The Bertz CT molecular complexity index is 764. The molecule has 0 radical (unpaired) electrons. The Balaban J connectivity index is 2.05. The van der Waals surface area contributed by atoms with Crippen molar-refractivity contribution < 1.29 is 9.47 Å². The van der Waals surface area contributed by atoms with Crippen LogP contribution in [0.4, 0.5) is 0 Å². The fraction of sp³-hybridized carbons (Fsp3) is 0.429. The fourth-order valence-corrected chi connectivity index (χ4v) is 4.00. The van der Waals surface area contributed by atoms with E-state index in [2.05, 4.69) is 22.3 Å². The molecule has 0 saturated carbocycles. The molecule has 1 N–H and O–H groups in total. The van der Waals surface area contributed by atoms with Gasteiger partial charge in [0.05, 0.1) is 19.3 Å². The van der Waals surface area contributed by atoms with Gasteiger partial charge in [-0.25, -0.2) is 0 Å². The molecule has 0 amide bonds. The van der Waals surface area contributed by atoms with Crippen LogP contribution in [0.5, 0.6) is 11.5 Å². The summed E-state index contributed by atoms with van der Waals surface area (Å²) in [5, 5.41) is 4.73. The number of benzene rings is 2. The average Bonchev–Trinajstić information content (AvgIpc) is 2.67. The Hall–Kier alpha value is -1.46. The van der Waals surface area contributed by atoms with Gasteiger partial charge >= 0.3 is 0 Å². The van der Waals surface area contributed by atoms with Gasteiger partial charge in [0.15, 0.2) is 11.5 Å². The molecular weight excluding hydrogens is 383 g/mol. The normalized spacial score (nSPS) is 16.1. The van der Waals surface area contributed by atoms with Gasteiger partial charge in [0.25, 0.3) is 0 Å². The van der Waals surface area contributed by atoms with Gasteiger partial charge in [-0.2, -0.15) is 0 Å². The maximum atomic E-state index is 6.59. The van der Waals surface area contributed by atoms with Crippen LogP contribution < -0.4 is 14.8 Å². The van der Waals surface area contributed by atoms with Crippen LogP contribution in [-0.2, 0) is 0 Å². The zero-order valence-electron chi connectivity index (χ0n) is 15.8. The second-order valence-electron chi connectivity index (χ2n) is 6.43. The summed E-state index contributed by atoms with van der Waals surface area (Å²) in [5.74, 6) is 1.53. The number of ether oxygens (including phenoxy) is 2. The SMILES string of the molecule is CCOc1ccc(C(c2ccc(Cl)cc2Cl)N2CCNCC2)cc1OCC. The number of nitrogens with zero attached hydrogens (tertiary/aromatic N) is 1. The molecule has 2 aromatic carbocycles. The predicted molar refractivity (Wildman–Crippen MR) is 112 cm³/mol. The molecule has 1 fully saturated rings. The van der Waals surface area contributed by atoms with Crippen LogP contribution in [0, 0.1) is 0 Å². The number of hydrogen-bond donors (Lipinski definition) is 1. The predicted octanol–water partition coefficient (Wildman–Crippen LogP) is 4.79. The van der Waals surface area contributed by atoms with Gasteiger partial charge in [-0.15, -0.1) is 0 Å². The molecule has 1 atom stereocenters. The lowest BCUT2D eigenvalue weighted by Gasteiger charge is -2.36. The van der Waals surface area contributed by atoms with Crippen LogP contribution >= 0.6 is 23.2 Å². The summed E-state index contributed by atoms with van der Waals surface area (Å²) < 4.78 is 11.6. The summed E-state index contributed by atoms with van der Waals surface area (Å²) in [5.41, 5.74) is 2.18. The van der Waals surface area contributed by atoms with E-state index in [0.717, 1.165) is 48.8 Å². The third-order valence-electron chi connectivity index (χ3n) is 4.66. The number of piperazine rings is 1. The summed E-state index contributed by atoms with van der Waals surface area (Å²) >= 11 is 12.7. The second-order valence-corrected chi connectivity index (χ2v) is 7.27. The molecule has 0 aromatic heterocycles. The first-order valence-corrected chi connectivity index (χ1v) is 10.2. The molecule has 4 nitrogen and oxygen atoms in total. The van der Waals surface area contributed by atoms with E-state index in [1.54, 1.807) is 0 Å². The number of nitrogens with one attached hydrogen (secondary N) is 1. The van der Waals surface area contributed by atoms with E-state index < -0.39 is 0 Å². The monoisotopic (exact) mass is 408 g/mol. The van der Waals surface area contributed by atoms with Gasteiger partial charge in [0.2, 0.25) is 0 Å². The van der Waals surface area contributed by atoms with Crippen LogP contribution in [0.3, 0.4) is 0 Å². The molecule has 6 heteroatoms. The smallest absolute Gasteiger partial charge is 0.161 e. The van der Waals surface area contributed by atoms with Crippen molar-refractivity contribution in [3.63, 3.8) is 0 Å². The Kier molecular flexibility index (Phi) is 7.25. The molecule has 146 valence electrons. The van der Waals surface area contributed by atoms with Gasteiger partial charge in [-0.05, 0) is 49.2 Å². The van der Waals surface area contributed by atoms with Crippen LogP contribution in [-0.4, -0.2) is 44.3 Å². The first kappa shape index (κ1) is 20.3. The lowest BCUT2D eigenvalue weighted by Crippen LogP contribution is -2.45. The number of halogens is 2. The van der Waals surface area contributed by atoms with E-state index in [1.807, 2.05) is 38.1 Å². The molecule has 0 bridgehead atoms. The highest BCUT2D eigenvalue weighted by molar-refractivity contribution is 6.35. The minimum atomic E-state index is 0.0340. The molecule has 1 heterocycles. The van der Waals surface area contributed by atoms with Crippen molar-refractivity contribution >= 4 is 23.2 Å². The second kappa shape index (κ2) is 9.65. The summed E-state index contributed by atoms with van der Waals surface area (Å²) in [4.78, 5) is 2.44. The molecule has 1 unspecified atom stereocenters. The highest BCUT2D eigenvalue weighted by atomic mass is 35.5. The Morgan fingerprint density at radius 1 is 0.963 bits per heavy atom. The first-order valence-electron chi connectivity index (χ1n) is 9.43. The van der Waals surface area contributed by atoms with Crippen LogP contribution in [0.2, 0.25) is 10.0 Å². The van der Waals surface area contributed by atoms with E-state index in [1.165, 1.54) is 0 Å². The minimum absolute atomic E-state index is 0.0340. The Labute approximate surface area is 171 Å². The summed E-state index contributed by atoms with van der Waals surface area (Å²) in [6.45, 7) is 8.94. The summed E-state index contributed by atoms with van der Waals surface area (Å²) in [6.07, 6.45) is 0. The lowest BCUT2D eigenvalue weighted by molar-refractivity contribution is 0.198. The van der Waals surface area contributed by atoms with Crippen LogP contribution in [0.15, 0.2) is 36.4 Å². The van der Waals surface area contributed by atoms with Gasteiger partial charge in [0, 0.05) is 36.2 Å². The summed E-state index contributed by atoms with van der Waals surface area (Å²) in [7, 11) is 0. The molecule has 1 aliphatic rings. The van der Waals surface area contributed by atoms with Crippen molar-refractivity contribution in [3.8, 4) is 11.5 Å². The van der Waals surface area contributed by atoms with Gasteiger partial charge in [-0.3, -0.25) is 4.90 Å². The van der Waals surface area contributed by atoms with E-state index in [-0.39, 0.29) is 6.04 Å². The molecule has 27 heavy (non-hydrogen) atoms. The molecule has 0 spiro atoms. The van der Waals surface area contributed by atoms with Gasteiger partial charge in [-0.1, -0.05) is 35.3 Å². The number of rotatable bonds is 7. The molecule has 1 aliphatic heterocycles. The molecule has 1 saturated heterocycles. The molecule has 2 aromatic rings. The minimum Gasteiger partial charge on any atom is -0.490 e. The van der Waals surface area contributed by atoms with Crippen molar-refractivity contribution in [1.29, 1.82) is 0 Å². The van der Waals surface area contributed by atoms with Crippen molar-refractivity contribution in [2.75, 3.05) is 39.4 Å². The third kappa shape index (κ3) is 4.88. The van der Waals surface area contributed by atoms with Gasteiger partial charge in [0.1, 0.15) is 0 Å². The first-order chi connectivity index (χ1) is 13.1. The van der Waals surface area contributed by atoms with Crippen LogP contribution in [0.1, 0.15) is 31.0 Å². The summed E-state index contributed by atoms with van der Waals surface area (Å²) in [6, 6.07) is 11.9. The van der Waals surface area contributed by atoms with Crippen molar-refractivity contribution in [2.24, 2.45) is 0 Å². The third-order valence-corrected chi connectivity index (χ3v) is 5.22. The lowest BCUT2D eigenvalue weighted by atomic mass is 9.96. The highest BCUT2D eigenvalue weighted by Gasteiger charge is 2.27. The highest BCUT2D eigenvalue weighted by Crippen LogP contribution is 2.38. The van der Waals surface area contributed by atoms with Crippen LogP contribution in [0.25, 0.3) is 0 Å². The Morgan fingerprint density at radius 3 is 2.33 bits per heavy atom. The zero-order chi connectivity index (χ0) is 19.2. The zero-order valence-corrected chi connectivity index (χ0v) is 17.3. The van der Waals surface area contributed by atoms with Gasteiger partial charge < -0.3 is 14.8 Å². The van der Waals surface area contributed by atoms with E-state index in [0.29, 0.717) is 23.3 Å². The molecule has 3 rings (SSSR count). The largest absolute Gasteiger partial charge is 0.490 e. The average molecular weight is 409 g/mol. The fourth-order valence-electron chi connectivity index (χ4n) is 3.49. The standard InChI is InChI=1S/C21H26Cl2N2O2/c1-3-26-19-8-5-15(13-20(19)27-4-2)21(25-11-9-24-10-12-25)17-7-6-16(22)14-18(17)23/h5-8,13-14,21,24H,3-4,9-12H2,1-2H3. The van der Waals surface area contributed by atoms with E-state index >= 15 is 0 Å². The molecular formula is C21H26Cl2N2O2. The Morgan fingerprint density at radius 2 is 1.67 bits per heavy atom. The maximum Gasteiger partial charge on any atom is 0.161 e. The number of hydrogen-bond acceptors (Lipinski definition) is 4. The topological polar surface area (TPSA) is 33.7 Å². The quantitative estimate of drug-likeness (QED) is 0.713.